The van der Waals surface area contributed by atoms with Crippen molar-refractivity contribution in [3.8, 4) is 0 Å². The molecule has 2 amide bonds. The SMILES string of the molecule is Cc1ccc(NC(=O)c2ccc(C(=N)N3CCCC3)cc2F)c(C(=O)Nc2ccc(Br)cn2)c1. The molecule has 34 heavy (non-hydrogen) atoms. The summed E-state index contributed by atoms with van der Waals surface area (Å²) in [6, 6.07) is 12.5. The topological polar surface area (TPSA) is 98.2 Å². The van der Waals surface area contributed by atoms with E-state index in [4.69, 9.17) is 5.41 Å². The van der Waals surface area contributed by atoms with Crippen molar-refractivity contribution in [3.05, 3.63) is 87.3 Å². The van der Waals surface area contributed by atoms with E-state index in [1.165, 1.54) is 12.1 Å². The van der Waals surface area contributed by atoms with E-state index >= 15 is 0 Å². The van der Waals surface area contributed by atoms with Crippen LogP contribution in [-0.4, -0.2) is 40.6 Å². The molecule has 9 heteroatoms. The second-order valence-corrected chi connectivity index (χ2v) is 8.97. The summed E-state index contributed by atoms with van der Waals surface area (Å²) in [6.45, 7) is 3.38. The van der Waals surface area contributed by atoms with Crippen LogP contribution in [0.5, 0.6) is 0 Å². The van der Waals surface area contributed by atoms with Crippen LogP contribution in [0.15, 0.2) is 59.2 Å². The van der Waals surface area contributed by atoms with Gasteiger partial charge in [0.05, 0.1) is 16.8 Å². The first-order valence-corrected chi connectivity index (χ1v) is 11.6. The Hall–Kier alpha value is -3.59. The van der Waals surface area contributed by atoms with Gasteiger partial charge < -0.3 is 15.5 Å². The number of rotatable bonds is 5. The number of hydrogen-bond acceptors (Lipinski definition) is 4. The number of aromatic nitrogens is 1. The van der Waals surface area contributed by atoms with Gasteiger partial charge in [-0.1, -0.05) is 17.7 Å². The summed E-state index contributed by atoms with van der Waals surface area (Å²) in [5.41, 5.74) is 1.56. The van der Waals surface area contributed by atoms with Crippen molar-refractivity contribution in [1.82, 2.24) is 9.88 Å². The number of benzene rings is 2. The third-order valence-corrected chi connectivity index (χ3v) is 6.02. The molecule has 1 aromatic heterocycles. The van der Waals surface area contributed by atoms with Crippen LogP contribution in [-0.2, 0) is 0 Å². The number of aryl methyl sites for hydroxylation is 1. The number of pyridine rings is 1. The molecule has 0 aliphatic carbocycles. The lowest BCUT2D eigenvalue weighted by molar-refractivity contribution is 0.102. The minimum absolute atomic E-state index is 0.167. The van der Waals surface area contributed by atoms with Crippen LogP contribution in [0.25, 0.3) is 0 Å². The summed E-state index contributed by atoms with van der Waals surface area (Å²) in [6.07, 6.45) is 3.58. The lowest BCUT2D eigenvalue weighted by Crippen LogP contribution is -2.28. The lowest BCUT2D eigenvalue weighted by atomic mass is 10.1. The molecule has 3 N–H and O–H groups in total. The minimum atomic E-state index is -0.726. The summed E-state index contributed by atoms with van der Waals surface area (Å²) in [5.74, 6) is -1.26. The van der Waals surface area contributed by atoms with E-state index in [0.717, 1.165) is 36.0 Å². The highest BCUT2D eigenvalue weighted by molar-refractivity contribution is 9.10. The number of nitrogens with zero attached hydrogens (tertiary/aromatic N) is 2. The highest BCUT2D eigenvalue weighted by atomic mass is 79.9. The third kappa shape index (κ3) is 5.31. The number of amides is 2. The Morgan fingerprint density at radius 3 is 2.41 bits per heavy atom. The molecule has 0 atom stereocenters. The van der Waals surface area contributed by atoms with Gasteiger partial charge >= 0.3 is 0 Å². The maximum Gasteiger partial charge on any atom is 0.258 e. The van der Waals surface area contributed by atoms with Crippen molar-refractivity contribution in [3.63, 3.8) is 0 Å². The number of amidine groups is 1. The van der Waals surface area contributed by atoms with Crippen LogP contribution < -0.4 is 10.6 Å². The first kappa shape index (κ1) is 23.6. The molecule has 0 spiro atoms. The van der Waals surface area contributed by atoms with Crippen molar-refractivity contribution in [2.45, 2.75) is 19.8 Å². The highest BCUT2D eigenvalue weighted by Gasteiger charge is 2.21. The van der Waals surface area contributed by atoms with E-state index in [9.17, 15) is 14.0 Å². The van der Waals surface area contributed by atoms with Gasteiger partial charge in [-0.25, -0.2) is 9.37 Å². The Bertz CT molecular complexity index is 1260. The summed E-state index contributed by atoms with van der Waals surface area (Å²) >= 11 is 3.29. The number of halogens is 2. The number of nitrogens with one attached hydrogen (secondary N) is 3. The molecule has 0 radical (unpaired) electrons. The van der Waals surface area contributed by atoms with Crippen LogP contribution in [0.4, 0.5) is 15.9 Å². The predicted octanol–water partition coefficient (Wildman–Crippen LogP) is 5.22. The first-order valence-electron chi connectivity index (χ1n) is 10.8. The molecule has 0 saturated carbocycles. The molecule has 3 aromatic rings. The Labute approximate surface area is 205 Å². The van der Waals surface area contributed by atoms with Crippen molar-refractivity contribution < 1.29 is 14.0 Å². The Morgan fingerprint density at radius 1 is 1.00 bits per heavy atom. The van der Waals surface area contributed by atoms with Gasteiger partial charge in [-0.15, -0.1) is 0 Å². The molecule has 1 fully saturated rings. The third-order valence-electron chi connectivity index (χ3n) is 5.55. The fraction of sp³-hybridized carbons (Fsp3) is 0.200. The van der Waals surface area contributed by atoms with E-state index in [-0.39, 0.29) is 22.6 Å². The average Bonchev–Trinajstić information content (AvgIpc) is 3.36. The van der Waals surface area contributed by atoms with Gasteiger partial charge in [-0.3, -0.25) is 15.0 Å². The molecule has 4 rings (SSSR count). The summed E-state index contributed by atoms with van der Waals surface area (Å²) in [7, 11) is 0. The monoisotopic (exact) mass is 523 g/mol. The molecule has 2 aromatic carbocycles. The van der Waals surface area contributed by atoms with E-state index < -0.39 is 17.6 Å². The molecule has 1 saturated heterocycles. The molecule has 0 unspecified atom stereocenters. The lowest BCUT2D eigenvalue weighted by Gasteiger charge is -2.19. The molecule has 7 nitrogen and oxygen atoms in total. The summed E-state index contributed by atoms with van der Waals surface area (Å²) in [5, 5.41) is 13.6. The highest BCUT2D eigenvalue weighted by Crippen LogP contribution is 2.22. The van der Waals surface area contributed by atoms with E-state index in [1.807, 2.05) is 11.8 Å². The Morgan fingerprint density at radius 2 is 1.74 bits per heavy atom. The normalized spacial score (nSPS) is 13.0. The smallest absolute Gasteiger partial charge is 0.258 e. The fourth-order valence-electron chi connectivity index (χ4n) is 3.75. The van der Waals surface area contributed by atoms with Crippen LogP contribution in [0.1, 0.15) is 44.7 Å². The quantitative estimate of drug-likeness (QED) is 0.315. The maximum absolute atomic E-state index is 14.8. The van der Waals surface area contributed by atoms with E-state index in [0.29, 0.717) is 11.4 Å². The number of carbonyl (C=O) groups excluding carboxylic acids is 2. The fourth-order valence-corrected chi connectivity index (χ4v) is 3.98. The van der Waals surface area contributed by atoms with Crippen LogP contribution >= 0.6 is 15.9 Å². The molecule has 1 aliphatic heterocycles. The van der Waals surface area contributed by atoms with Crippen molar-refractivity contribution >= 4 is 45.1 Å². The van der Waals surface area contributed by atoms with E-state index in [2.05, 4.69) is 31.5 Å². The van der Waals surface area contributed by atoms with Crippen molar-refractivity contribution in [1.29, 1.82) is 5.41 Å². The standard InChI is InChI=1S/C25H23BrFN5O2/c1-15-4-8-21(19(12-15)25(34)31-22-9-6-17(26)14-29-22)30-24(33)18-7-5-16(13-20(18)27)23(28)32-10-2-3-11-32/h4-9,12-14,28H,2-3,10-11H2,1H3,(H,30,33)(H,29,31,34). The van der Waals surface area contributed by atoms with Gasteiger partial charge in [0.1, 0.15) is 17.5 Å². The summed E-state index contributed by atoms with van der Waals surface area (Å²) in [4.78, 5) is 31.8. The largest absolute Gasteiger partial charge is 0.357 e. The van der Waals surface area contributed by atoms with Crippen molar-refractivity contribution in [2.75, 3.05) is 23.7 Å². The number of likely N-dealkylation sites (tertiary alicyclic amines) is 1. The summed E-state index contributed by atoms with van der Waals surface area (Å²) < 4.78 is 15.6. The minimum Gasteiger partial charge on any atom is -0.357 e. The Kier molecular flexibility index (Phi) is 7.02. The zero-order chi connectivity index (χ0) is 24.2. The van der Waals surface area contributed by atoms with Gasteiger partial charge in [0.2, 0.25) is 0 Å². The number of anilines is 2. The van der Waals surface area contributed by atoms with Crippen LogP contribution in [0.2, 0.25) is 0 Å². The average molecular weight is 524 g/mol. The molecular weight excluding hydrogens is 501 g/mol. The van der Waals surface area contributed by atoms with Gasteiger partial charge in [-0.05, 0) is 72.1 Å². The second-order valence-electron chi connectivity index (χ2n) is 8.06. The van der Waals surface area contributed by atoms with Crippen molar-refractivity contribution in [2.24, 2.45) is 0 Å². The zero-order valence-corrected chi connectivity index (χ0v) is 20.1. The predicted molar refractivity (Wildman–Crippen MR) is 133 cm³/mol. The van der Waals surface area contributed by atoms with Crippen LogP contribution in [0.3, 0.4) is 0 Å². The molecule has 0 bridgehead atoms. The van der Waals surface area contributed by atoms with E-state index in [1.54, 1.807) is 42.6 Å². The number of hydrogen-bond donors (Lipinski definition) is 3. The second kappa shape index (κ2) is 10.1. The zero-order valence-electron chi connectivity index (χ0n) is 18.5. The van der Waals surface area contributed by atoms with Crippen LogP contribution in [0, 0.1) is 18.2 Å². The molecule has 2 heterocycles. The van der Waals surface area contributed by atoms with Gasteiger partial charge in [-0.2, -0.15) is 0 Å². The van der Waals surface area contributed by atoms with Gasteiger partial charge in [0.15, 0.2) is 0 Å². The number of carbonyl (C=O) groups is 2. The maximum atomic E-state index is 14.8. The Balaban J connectivity index is 1.53. The van der Waals surface area contributed by atoms with Gasteiger partial charge in [0, 0.05) is 29.3 Å². The molecule has 1 aliphatic rings. The molecule has 174 valence electrons. The van der Waals surface area contributed by atoms with Gasteiger partial charge in [0.25, 0.3) is 11.8 Å². The molecular formula is C25H23BrFN5O2. The first-order chi connectivity index (χ1) is 16.3.